The first kappa shape index (κ1) is 20.9. The highest BCUT2D eigenvalue weighted by Crippen LogP contribution is 2.42. The van der Waals surface area contributed by atoms with Crippen LogP contribution < -0.4 is 0 Å². The van der Waals surface area contributed by atoms with E-state index in [1.165, 1.54) is 7.11 Å². The van der Waals surface area contributed by atoms with Crippen LogP contribution in [0.1, 0.15) is 5.69 Å². The molecular formula is C21H22ClN3O4. The van der Waals surface area contributed by atoms with Gasteiger partial charge in [-0.05, 0) is 18.2 Å². The van der Waals surface area contributed by atoms with Gasteiger partial charge in [0.2, 0.25) is 0 Å². The van der Waals surface area contributed by atoms with E-state index >= 15 is 0 Å². The summed E-state index contributed by atoms with van der Waals surface area (Å²) in [5, 5.41) is 1.06. The molecule has 0 fully saturated rings. The van der Waals surface area contributed by atoms with E-state index in [4.69, 9.17) is 14.2 Å². The second-order valence-corrected chi connectivity index (χ2v) is 6.49. The van der Waals surface area contributed by atoms with Crippen molar-refractivity contribution in [3.8, 4) is 11.4 Å². The Morgan fingerprint density at radius 2 is 2.00 bits per heavy atom. The lowest BCUT2D eigenvalue weighted by Gasteiger charge is -2.39. The van der Waals surface area contributed by atoms with E-state index < -0.39 is 11.7 Å². The summed E-state index contributed by atoms with van der Waals surface area (Å²) in [5.41, 5.74) is 2.02. The maximum Gasteiger partial charge on any atom is 0.195 e. The number of carbonyl (C=O) groups is 1. The van der Waals surface area contributed by atoms with Crippen LogP contribution >= 0.6 is 12.4 Å². The number of nitrogens with zero attached hydrogens (tertiary/aromatic N) is 1. The Morgan fingerprint density at radius 1 is 1.21 bits per heavy atom. The standard InChI is InChI=1S/C21H21N3O4.ClH/c1-26-18-8-13(12-25)9-19(27-2)21(18,28-3)17-11-23-20(24-17)15-10-22-16-7-5-4-6-14(15)16;/h4-12,18,22H,1-3H3,(H,23,24);1H. The molecule has 0 saturated carbocycles. The van der Waals surface area contributed by atoms with Crippen molar-refractivity contribution in [3.63, 3.8) is 0 Å². The third-order valence-corrected chi connectivity index (χ3v) is 5.16. The molecule has 0 radical (unpaired) electrons. The second kappa shape index (κ2) is 8.24. The van der Waals surface area contributed by atoms with Gasteiger partial charge in [0, 0.05) is 42.5 Å². The first-order chi connectivity index (χ1) is 13.7. The number of aromatic amines is 2. The van der Waals surface area contributed by atoms with Gasteiger partial charge in [0.15, 0.2) is 5.60 Å². The molecule has 2 heterocycles. The predicted molar refractivity (Wildman–Crippen MR) is 112 cm³/mol. The van der Waals surface area contributed by atoms with Gasteiger partial charge in [-0.1, -0.05) is 18.2 Å². The van der Waals surface area contributed by atoms with Crippen molar-refractivity contribution in [2.45, 2.75) is 11.7 Å². The second-order valence-electron chi connectivity index (χ2n) is 6.49. The zero-order valence-corrected chi connectivity index (χ0v) is 17.1. The molecule has 2 N–H and O–H groups in total. The Bertz CT molecular complexity index is 1080. The van der Waals surface area contributed by atoms with Crippen molar-refractivity contribution < 1.29 is 19.0 Å². The van der Waals surface area contributed by atoms with Gasteiger partial charge >= 0.3 is 0 Å². The number of rotatable bonds is 6. The van der Waals surface area contributed by atoms with E-state index in [1.807, 2.05) is 30.5 Å². The van der Waals surface area contributed by atoms with Crippen LogP contribution in [0.25, 0.3) is 22.3 Å². The Kier molecular flexibility index (Phi) is 5.93. The first-order valence-corrected chi connectivity index (χ1v) is 8.81. The third-order valence-electron chi connectivity index (χ3n) is 5.16. The molecule has 0 spiro atoms. The first-order valence-electron chi connectivity index (χ1n) is 8.81. The topological polar surface area (TPSA) is 89.2 Å². The molecule has 0 saturated heterocycles. The minimum atomic E-state index is -1.09. The van der Waals surface area contributed by atoms with Crippen molar-refractivity contribution in [2.24, 2.45) is 0 Å². The predicted octanol–water partition coefficient (Wildman–Crippen LogP) is 3.51. The lowest BCUT2D eigenvalue weighted by atomic mass is 9.84. The number of halogens is 1. The Morgan fingerprint density at radius 3 is 2.69 bits per heavy atom. The van der Waals surface area contributed by atoms with Crippen LogP contribution in [0, 0.1) is 0 Å². The highest BCUT2D eigenvalue weighted by Gasteiger charge is 2.49. The highest BCUT2D eigenvalue weighted by atomic mass is 35.5. The fraction of sp³-hybridized carbons (Fsp3) is 0.238. The molecule has 2 unspecified atom stereocenters. The number of H-pyrrole nitrogens is 2. The van der Waals surface area contributed by atoms with Crippen molar-refractivity contribution >= 4 is 29.6 Å². The van der Waals surface area contributed by atoms with Gasteiger partial charge < -0.3 is 24.2 Å². The number of aromatic nitrogens is 3. The van der Waals surface area contributed by atoms with Gasteiger partial charge in [-0.15, -0.1) is 12.4 Å². The molecule has 4 rings (SSSR count). The number of benzene rings is 1. The van der Waals surface area contributed by atoms with Gasteiger partial charge in [-0.2, -0.15) is 0 Å². The highest BCUT2D eigenvalue weighted by molar-refractivity contribution is 5.93. The minimum absolute atomic E-state index is 0. The van der Waals surface area contributed by atoms with Crippen LogP contribution in [-0.2, 0) is 24.6 Å². The maximum atomic E-state index is 11.3. The lowest BCUT2D eigenvalue weighted by Crippen LogP contribution is -2.46. The maximum absolute atomic E-state index is 11.3. The molecular weight excluding hydrogens is 394 g/mol. The van der Waals surface area contributed by atoms with Crippen LogP contribution in [0.4, 0.5) is 0 Å². The molecule has 2 aromatic heterocycles. The number of carbonyl (C=O) groups excluding carboxylic acids is 1. The van der Waals surface area contributed by atoms with E-state index in [2.05, 4.69) is 15.0 Å². The van der Waals surface area contributed by atoms with Crippen molar-refractivity contribution in [2.75, 3.05) is 21.3 Å². The number of ether oxygens (including phenoxy) is 3. The minimum Gasteiger partial charge on any atom is -0.497 e. The zero-order valence-electron chi connectivity index (χ0n) is 16.3. The lowest BCUT2D eigenvalue weighted by molar-refractivity contribution is -0.111. The molecule has 0 bridgehead atoms. The van der Waals surface area contributed by atoms with E-state index in [0.717, 1.165) is 22.8 Å². The normalized spacial score (nSPS) is 21.3. The summed E-state index contributed by atoms with van der Waals surface area (Å²) in [5.74, 6) is 1.15. The molecule has 29 heavy (non-hydrogen) atoms. The number of hydrogen-bond donors (Lipinski definition) is 2. The van der Waals surface area contributed by atoms with Gasteiger partial charge in [0.05, 0.1) is 19.0 Å². The number of aldehydes is 1. The SMILES string of the molecule is COC1=CC(C=O)=CC(OC)C1(OC)c1cnc(-c2c[nH]c3ccccc23)[nH]1.Cl. The fourth-order valence-electron chi connectivity index (χ4n) is 3.78. The smallest absolute Gasteiger partial charge is 0.195 e. The number of imidazole rings is 1. The van der Waals surface area contributed by atoms with E-state index in [-0.39, 0.29) is 12.4 Å². The van der Waals surface area contributed by atoms with Crippen LogP contribution in [0.3, 0.4) is 0 Å². The van der Waals surface area contributed by atoms with Crippen LogP contribution in [-0.4, -0.2) is 48.7 Å². The number of nitrogens with one attached hydrogen (secondary N) is 2. The average molecular weight is 416 g/mol. The summed E-state index contributed by atoms with van der Waals surface area (Å²) < 4.78 is 17.2. The largest absolute Gasteiger partial charge is 0.497 e. The number of methoxy groups -OCH3 is 3. The molecule has 3 aromatic rings. The molecule has 1 aliphatic carbocycles. The van der Waals surface area contributed by atoms with Crippen molar-refractivity contribution in [1.82, 2.24) is 15.0 Å². The summed E-state index contributed by atoms with van der Waals surface area (Å²) >= 11 is 0. The summed E-state index contributed by atoms with van der Waals surface area (Å²) in [6, 6.07) is 8.01. The Balaban J connectivity index is 0.00000240. The quantitative estimate of drug-likeness (QED) is 0.601. The molecule has 0 aliphatic heterocycles. The Hall–Kier alpha value is -2.87. The third kappa shape index (κ3) is 3.17. The monoisotopic (exact) mass is 415 g/mol. The number of para-hydroxylation sites is 1. The molecule has 152 valence electrons. The average Bonchev–Trinajstić information content (AvgIpc) is 3.39. The number of allylic oxidation sites excluding steroid dienone is 2. The van der Waals surface area contributed by atoms with Crippen LogP contribution in [0.5, 0.6) is 0 Å². The molecule has 1 aliphatic rings. The van der Waals surface area contributed by atoms with Crippen molar-refractivity contribution in [3.05, 3.63) is 65.8 Å². The zero-order chi connectivity index (χ0) is 19.7. The molecule has 7 nitrogen and oxygen atoms in total. The van der Waals surface area contributed by atoms with Crippen LogP contribution in [0.15, 0.2) is 60.1 Å². The van der Waals surface area contributed by atoms with Gasteiger partial charge in [0.25, 0.3) is 0 Å². The molecule has 1 aromatic carbocycles. The van der Waals surface area contributed by atoms with Gasteiger partial charge in [-0.25, -0.2) is 4.98 Å². The fourth-order valence-corrected chi connectivity index (χ4v) is 3.78. The van der Waals surface area contributed by atoms with Gasteiger partial charge in [0.1, 0.15) is 24.0 Å². The summed E-state index contributed by atoms with van der Waals surface area (Å²) in [7, 11) is 4.68. The molecule has 2 atom stereocenters. The summed E-state index contributed by atoms with van der Waals surface area (Å²) in [4.78, 5) is 22.5. The number of hydrogen-bond acceptors (Lipinski definition) is 5. The van der Waals surface area contributed by atoms with Crippen LogP contribution in [0.2, 0.25) is 0 Å². The van der Waals surface area contributed by atoms with E-state index in [9.17, 15) is 4.79 Å². The Labute approximate surface area is 174 Å². The summed E-state index contributed by atoms with van der Waals surface area (Å²) in [6.45, 7) is 0. The summed E-state index contributed by atoms with van der Waals surface area (Å²) in [6.07, 6.45) is 7.17. The molecule has 0 amide bonds. The van der Waals surface area contributed by atoms with E-state index in [0.29, 0.717) is 22.9 Å². The van der Waals surface area contributed by atoms with Gasteiger partial charge in [-0.3, -0.25) is 4.79 Å². The number of fused-ring (bicyclic) bond motifs is 1. The van der Waals surface area contributed by atoms with Crippen molar-refractivity contribution in [1.29, 1.82) is 0 Å². The molecule has 8 heteroatoms. The van der Waals surface area contributed by atoms with E-state index in [1.54, 1.807) is 32.6 Å².